The number of rotatable bonds is 4. The standard InChI is InChI=1S/C11H18N2O3/c1-7(2)5-10(11(14)15)12-6-13(16)9(4)8(12)3/h6-7,10H,5H2,1-4H3,(H,14,15)/t10-/m1/s1. The predicted octanol–water partition coefficient (Wildman–Crippen LogP) is 1.41. The van der Waals surface area contributed by atoms with Crippen molar-refractivity contribution < 1.29 is 14.6 Å². The third-order valence-corrected chi connectivity index (χ3v) is 2.79. The second-order valence-electron chi connectivity index (χ2n) is 4.50. The maximum atomic E-state index is 11.4. The van der Waals surface area contributed by atoms with E-state index in [0.717, 1.165) is 0 Å². The van der Waals surface area contributed by atoms with Gasteiger partial charge in [0.15, 0.2) is 6.04 Å². The van der Waals surface area contributed by atoms with Gasteiger partial charge in [-0.15, -0.1) is 0 Å². The summed E-state index contributed by atoms with van der Waals surface area (Å²) in [5.41, 5.74) is 1.26. The Morgan fingerprint density at radius 3 is 2.44 bits per heavy atom. The van der Waals surface area contributed by atoms with Crippen LogP contribution in [0.25, 0.3) is 0 Å². The average molecular weight is 226 g/mol. The van der Waals surface area contributed by atoms with E-state index < -0.39 is 12.0 Å². The molecule has 1 atom stereocenters. The number of nitrogens with zero attached hydrogens (tertiary/aromatic N) is 2. The van der Waals surface area contributed by atoms with Gasteiger partial charge < -0.3 is 10.3 Å². The Hall–Kier alpha value is -1.52. The molecule has 90 valence electrons. The summed E-state index contributed by atoms with van der Waals surface area (Å²) in [5, 5.41) is 20.5. The second kappa shape index (κ2) is 4.55. The van der Waals surface area contributed by atoms with Crippen LogP contribution in [0, 0.1) is 25.0 Å². The summed E-state index contributed by atoms with van der Waals surface area (Å²) in [7, 11) is 0. The van der Waals surface area contributed by atoms with Gasteiger partial charge >= 0.3 is 5.97 Å². The van der Waals surface area contributed by atoms with Crippen LogP contribution in [0.5, 0.6) is 0 Å². The molecule has 0 radical (unpaired) electrons. The summed E-state index contributed by atoms with van der Waals surface area (Å²) in [6, 6.07) is -0.658. The highest BCUT2D eigenvalue weighted by molar-refractivity contribution is 5.72. The minimum absolute atomic E-state index is 0.267. The van der Waals surface area contributed by atoms with E-state index in [-0.39, 0.29) is 5.92 Å². The molecule has 5 heteroatoms. The number of imidazole rings is 1. The number of aliphatic carboxylic acids is 1. The summed E-state index contributed by atoms with van der Waals surface area (Å²) in [6.07, 6.45) is 1.83. The number of carbonyl (C=O) groups is 1. The maximum Gasteiger partial charge on any atom is 0.349 e. The summed E-state index contributed by atoms with van der Waals surface area (Å²) < 4.78 is 2.26. The molecule has 0 fully saturated rings. The third kappa shape index (κ3) is 2.35. The van der Waals surface area contributed by atoms with Crippen LogP contribution in [0.1, 0.15) is 37.7 Å². The molecule has 0 unspecified atom stereocenters. The molecular weight excluding hydrogens is 208 g/mol. The molecule has 0 amide bonds. The van der Waals surface area contributed by atoms with Crippen molar-refractivity contribution in [2.75, 3.05) is 0 Å². The molecule has 1 heterocycles. The molecule has 0 spiro atoms. The number of carboxylic acids is 1. The first-order valence-electron chi connectivity index (χ1n) is 5.34. The van der Waals surface area contributed by atoms with Gasteiger partial charge in [-0.2, -0.15) is 0 Å². The zero-order valence-corrected chi connectivity index (χ0v) is 10.1. The van der Waals surface area contributed by atoms with E-state index >= 15 is 0 Å². The Morgan fingerprint density at radius 1 is 1.56 bits per heavy atom. The first-order valence-corrected chi connectivity index (χ1v) is 5.34. The van der Waals surface area contributed by atoms with Gasteiger partial charge in [-0.25, -0.2) is 14.1 Å². The summed E-state index contributed by atoms with van der Waals surface area (Å²) >= 11 is 0. The van der Waals surface area contributed by atoms with Crippen LogP contribution >= 0.6 is 0 Å². The minimum Gasteiger partial charge on any atom is -0.711 e. The molecule has 0 aliphatic rings. The largest absolute Gasteiger partial charge is 0.711 e. The molecule has 5 nitrogen and oxygen atoms in total. The van der Waals surface area contributed by atoms with Crippen molar-refractivity contribution in [1.82, 2.24) is 4.57 Å². The fourth-order valence-electron chi connectivity index (χ4n) is 1.73. The normalized spacial score (nSPS) is 13.1. The lowest BCUT2D eigenvalue weighted by Gasteiger charge is -2.12. The van der Waals surface area contributed by atoms with Gasteiger partial charge in [-0.1, -0.05) is 13.8 Å². The highest BCUT2D eigenvalue weighted by Gasteiger charge is 2.28. The van der Waals surface area contributed by atoms with Crippen LogP contribution in [0.15, 0.2) is 6.33 Å². The van der Waals surface area contributed by atoms with E-state index in [4.69, 9.17) is 5.11 Å². The second-order valence-corrected chi connectivity index (χ2v) is 4.50. The molecule has 1 aromatic rings. The molecule has 1 rings (SSSR count). The Bertz CT molecular complexity index is 396. The van der Waals surface area contributed by atoms with Crippen molar-refractivity contribution in [3.8, 4) is 0 Å². The number of hydrogen-bond acceptors (Lipinski definition) is 2. The Balaban J connectivity index is 3.11. The van der Waals surface area contributed by atoms with Gasteiger partial charge in [-0.05, 0) is 5.92 Å². The monoisotopic (exact) mass is 226 g/mol. The minimum atomic E-state index is -0.896. The van der Waals surface area contributed by atoms with Crippen molar-refractivity contribution >= 4 is 5.97 Å². The van der Waals surface area contributed by atoms with Crippen molar-refractivity contribution in [2.45, 2.75) is 40.2 Å². The smallest absolute Gasteiger partial charge is 0.349 e. The lowest BCUT2D eigenvalue weighted by molar-refractivity contribution is -0.611. The molecule has 0 aliphatic carbocycles. The van der Waals surface area contributed by atoms with E-state index in [1.54, 1.807) is 18.4 Å². The van der Waals surface area contributed by atoms with Crippen LogP contribution in [-0.2, 0) is 4.79 Å². The van der Waals surface area contributed by atoms with Gasteiger partial charge in [0, 0.05) is 20.3 Å². The third-order valence-electron chi connectivity index (χ3n) is 2.79. The summed E-state index contributed by atoms with van der Waals surface area (Å²) in [4.78, 5) is 11.2. The number of hydrogen-bond donors (Lipinski definition) is 1. The fraction of sp³-hybridized carbons (Fsp3) is 0.636. The topological polar surface area (TPSA) is 69.2 Å². The van der Waals surface area contributed by atoms with Gasteiger partial charge in [0.25, 0.3) is 0 Å². The molecule has 0 saturated carbocycles. The molecule has 0 aliphatic heterocycles. The van der Waals surface area contributed by atoms with Gasteiger partial charge in [0.1, 0.15) is 11.4 Å². The van der Waals surface area contributed by atoms with Gasteiger partial charge in [0.05, 0.1) is 0 Å². The molecule has 1 N–H and O–H groups in total. The first-order chi connectivity index (χ1) is 7.34. The Morgan fingerprint density at radius 2 is 2.12 bits per heavy atom. The van der Waals surface area contributed by atoms with Crippen LogP contribution < -0.4 is 4.73 Å². The molecule has 0 bridgehead atoms. The molecule has 0 aromatic carbocycles. The summed E-state index contributed by atoms with van der Waals surface area (Å²) in [6.45, 7) is 7.38. The van der Waals surface area contributed by atoms with E-state index in [1.165, 1.54) is 6.33 Å². The molecular formula is C11H18N2O3. The van der Waals surface area contributed by atoms with Gasteiger partial charge in [0.2, 0.25) is 6.33 Å². The highest BCUT2D eigenvalue weighted by Crippen LogP contribution is 2.20. The lowest BCUT2D eigenvalue weighted by atomic mass is 10.0. The van der Waals surface area contributed by atoms with Crippen LogP contribution in [0.2, 0.25) is 0 Å². The Labute approximate surface area is 94.9 Å². The zero-order valence-electron chi connectivity index (χ0n) is 10.1. The van der Waals surface area contributed by atoms with E-state index in [1.807, 2.05) is 13.8 Å². The Kier molecular flexibility index (Phi) is 3.57. The van der Waals surface area contributed by atoms with E-state index in [0.29, 0.717) is 22.5 Å². The molecule has 1 aromatic heterocycles. The number of aromatic nitrogens is 2. The van der Waals surface area contributed by atoms with Crippen molar-refractivity contribution in [2.24, 2.45) is 5.92 Å². The van der Waals surface area contributed by atoms with Crippen molar-refractivity contribution in [3.63, 3.8) is 0 Å². The highest BCUT2D eigenvalue weighted by atomic mass is 16.5. The van der Waals surface area contributed by atoms with Crippen LogP contribution in [0.4, 0.5) is 0 Å². The van der Waals surface area contributed by atoms with Crippen molar-refractivity contribution in [1.29, 1.82) is 0 Å². The maximum absolute atomic E-state index is 11.4. The first kappa shape index (κ1) is 12.5. The molecule has 16 heavy (non-hydrogen) atoms. The van der Waals surface area contributed by atoms with Crippen molar-refractivity contribution in [3.05, 3.63) is 22.9 Å². The van der Waals surface area contributed by atoms with E-state index in [2.05, 4.69) is 0 Å². The lowest BCUT2D eigenvalue weighted by Crippen LogP contribution is -2.27. The quantitative estimate of drug-likeness (QED) is 0.623. The predicted molar refractivity (Wildman–Crippen MR) is 59.0 cm³/mol. The van der Waals surface area contributed by atoms with E-state index in [9.17, 15) is 10.0 Å². The molecule has 0 saturated heterocycles. The average Bonchev–Trinajstić information content (AvgIpc) is 2.42. The van der Waals surface area contributed by atoms with Gasteiger partial charge in [-0.3, -0.25) is 0 Å². The fourth-order valence-corrected chi connectivity index (χ4v) is 1.73. The van der Waals surface area contributed by atoms with Crippen LogP contribution in [0.3, 0.4) is 0 Å². The summed E-state index contributed by atoms with van der Waals surface area (Å²) in [5.74, 6) is -0.629. The van der Waals surface area contributed by atoms with Crippen LogP contribution in [-0.4, -0.2) is 15.6 Å². The SMILES string of the molecule is Cc1c(C)[n+]([O-])cn1[C@H](CC(C)C)C(=O)O. The number of carboxylic acid groups (broad SMARTS) is 1. The zero-order chi connectivity index (χ0) is 12.5.